The molecular formula is C12H24O3. The summed E-state index contributed by atoms with van der Waals surface area (Å²) in [4.78, 5) is 11.3. The maximum absolute atomic E-state index is 11.3. The van der Waals surface area contributed by atoms with Crippen LogP contribution in [0.3, 0.4) is 0 Å². The molecule has 0 N–H and O–H groups in total. The van der Waals surface area contributed by atoms with E-state index >= 15 is 0 Å². The molecule has 3 nitrogen and oxygen atoms in total. The van der Waals surface area contributed by atoms with E-state index in [9.17, 15) is 4.79 Å². The van der Waals surface area contributed by atoms with Gasteiger partial charge in [0.05, 0.1) is 6.10 Å². The van der Waals surface area contributed by atoms with Crippen LogP contribution in [0.1, 0.15) is 48.5 Å². The van der Waals surface area contributed by atoms with Gasteiger partial charge in [0.15, 0.2) is 0 Å². The Hall–Kier alpha value is -0.570. The lowest BCUT2D eigenvalue weighted by molar-refractivity contribution is -0.163. The molecule has 0 fully saturated rings. The third kappa shape index (κ3) is 7.37. The summed E-state index contributed by atoms with van der Waals surface area (Å²) in [5.74, 6) is -0.307. The van der Waals surface area contributed by atoms with E-state index in [-0.39, 0.29) is 24.1 Å². The van der Waals surface area contributed by atoms with Crippen LogP contribution in [0.2, 0.25) is 0 Å². The summed E-state index contributed by atoms with van der Waals surface area (Å²) in [5.41, 5.74) is -0.395. The number of rotatable bonds is 3. The molecule has 90 valence electrons. The minimum Gasteiger partial charge on any atom is -0.458 e. The number of hydrogen-bond donors (Lipinski definition) is 0. The molecule has 1 unspecified atom stereocenters. The van der Waals surface area contributed by atoms with Gasteiger partial charge in [-0.25, -0.2) is 4.79 Å². The lowest BCUT2D eigenvalue weighted by Gasteiger charge is -2.27. The van der Waals surface area contributed by atoms with E-state index in [0.29, 0.717) is 0 Å². The number of carbonyl (C=O) groups is 1. The highest BCUT2D eigenvalue weighted by Gasteiger charge is 2.23. The Labute approximate surface area is 93.1 Å². The molecule has 0 aliphatic carbocycles. The van der Waals surface area contributed by atoms with Gasteiger partial charge in [-0.1, -0.05) is 20.8 Å². The van der Waals surface area contributed by atoms with Gasteiger partial charge in [0.1, 0.15) is 12.2 Å². The van der Waals surface area contributed by atoms with E-state index in [1.165, 1.54) is 0 Å². The normalized spacial score (nSPS) is 14.9. The Kier molecular flexibility index (Phi) is 4.78. The van der Waals surface area contributed by atoms with Gasteiger partial charge in [-0.05, 0) is 33.1 Å². The summed E-state index contributed by atoms with van der Waals surface area (Å²) in [6, 6.07) is 0. The van der Waals surface area contributed by atoms with E-state index in [4.69, 9.17) is 9.47 Å². The van der Waals surface area contributed by atoms with Gasteiger partial charge in [0, 0.05) is 0 Å². The van der Waals surface area contributed by atoms with Crippen molar-refractivity contribution in [2.75, 3.05) is 6.61 Å². The Morgan fingerprint density at radius 2 is 1.60 bits per heavy atom. The van der Waals surface area contributed by atoms with Crippen molar-refractivity contribution in [3.8, 4) is 0 Å². The molecule has 0 amide bonds. The molecule has 0 saturated heterocycles. The first-order valence-corrected chi connectivity index (χ1v) is 5.36. The van der Waals surface area contributed by atoms with Gasteiger partial charge in [-0.3, -0.25) is 0 Å². The summed E-state index contributed by atoms with van der Waals surface area (Å²) in [7, 11) is 0. The van der Waals surface area contributed by atoms with Crippen molar-refractivity contribution in [1.82, 2.24) is 0 Å². The molecule has 0 saturated carbocycles. The van der Waals surface area contributed by atoms with E-state index in [1.54, 1.807) is 0 Å². The smallest absolute Gasteiger partial charge is 0.332 e. The van der Waals surface area contributed by atoms with E-state index in [0.717, 1.165) is 0 Å². The molecule has 15 heavy (non-hydrogen) atoms. The second-order valence-electron chi connectivity index (χ2n) is 5.91. The average Bonchev–Trinajstić information content (AvgIpc) is 1.94. The van der Waals surface area contributed by atoms with Crippen LogP contribution < -0.4 is 0 Å². The third-order valence-corrected chi connectivity index (χ3v) is 2.09. The highest BCUT2D eigenvalue weighted by Crippen LogP contribution is 2.21. The number of esters is 1. The molecule has 0 bridgehead atoms. The molecule has 0 aromatic heterocycles. The fraction of sp³-hybridized carbons (Fsp3) is 0.917. The largest absolute Gasteiger partial charge is 0.458 e. The lowest BCUT2D eigenvalue weighted by atomic mass is 9.90. The first-order valence-electron chi connectivity index (χ1n) is 5.36. The molecule has 0 aliphatic rings. The predicted octanol–water partition coefficient (Wildman–Crippen LogP) is 2.78. The molecule has 0 spiro atoms. The lowest BCUT2D eigenvalue weighted by Crippen LogP contribution is -2.31. The van der Waals surface area contributed by atoms with Gasteiger partial charge in [0.2, 0.25) is 0 Å². The Bertz CT molecular complexity index is 208. The highest BCUT2D eigenvalue weighted by atomic mass is 16.6. The molecule has 0 aromatic carbocycles. The van der Waals surface area contributed by atoms with Crippen LogP contribution in [0.5, 0.6) is 0 Å². The van der Waals surface area contributed by atoms with Crippen LogP contribution in [0.25, 0.3) is 0 Å². The Morgan fingerprint density at radius 1 is 1.13 bits per heavy atom. The number of carbonyl (C=O) groups excluding carboxylic acids is 1. The third-order valence-electron chi connectivity index (χ3n) is 2.09. The van der Waals surface area contributed by atoms with Crippen molar-refractivity contribution in [3.63, 3.8) is 0 Å². The second-order valence-corrected chi connectivity index (χ2v) is 5.91. The van der Waals surface area contributed by atoms with Gasteiger partial charge in [0.25, 0.3) is 0 Å². The first kappa shape index (κ1) is 14.4. The zero-order valence-corrected chi connectivity index (χ0v) is 11.0. The van der Waals surface area contributed by atoms with Crippen molar-refractivity contribution in [2.24, 2.45) is 5.41 Å². The van der Waals surface area contributed by atoms with Crippen LogP contribution in [0.4, 0.5) is 0 Å². The summed E-state index contributed by atoms with van der Waals surface area (Å²) >= 11 is 0. The minimum atomic E-state index is -0.439. The number of ether oxygens (including phenoxy) is 2. The van der Waals surface area contributed by atoms with Crippen molar-refractivity contribution < 1.29 is 14.3 Å². The summed E-state index contributed by atoms with van der Waals surface area (Å²) in [6.07, 6.45) is 0.0324. The molecule has 3 heteroatoms. The average molecular weight is 216 g/mol. The zero-order chi connectivity index (χ0) is 12.3. The van der Waals surface area contributed by atoms with Gasteiger partial charge >= 0.3 is 5.97 Å². The van der Waals surface area contributed by atoms with Crippen molar-refractivity contribution >= 4 is 5.97 Å². The van der Waals surface area contributed by atoms with Crippen LogP contribution >= 0.6 is 0 Å². The Morgan fingerprint density at radius 3 is 1.93 bits per heavy atom. The molecule has 0 heterocycles. The van der Waals surface area contributed by atoms with E-state index in [1.807, 2.05) is 27.7 Å². The van der Waals surface area contributed by atoms with E-state index < -0.39 is 5.60 Å². The number of hydrogen-bond acceptors (Lipinski definition) is 3. The van der Waals surface area contributed by atoms with Gasteiger partial charge in [-0.2, -0.15) is 0 Å². The van der Waals surface area contributed by atoms with E-state index in [2.05, 4.69) is 20.8 Å². The summed E-state index contributed by atoms with van der Waals surface area (Å²) in [6.45, 7) is 13.8. The van der Waals surface area contributed by atoms with Crippen LogP contribution in [0, 0.1) is 5.41 Å². The fourth-order valence-electron chi connectivity index (χ4n) is 0.814. The maximum Gasteiger partial charge on any atom is 0.332 e. The molecule has 0 aliphatic heterocycles. The zero-order valence-electron chi connectivity index (χ0n) is 11.0. The molecular weight excluding hydrogens is 192 g/mol. The summed E-state index contributed by atoms with van der Waals surface area (Å²) in [5, 5.41) is 0. The van der Waals surface area contributed by atoms with Gasteiger partial charge < -0.3 is 9.47 Å². The predicted molar refractivity (Wildman–Crippen MR) is 60.7 cm³/mol. The minimum absolute atomic E-state index is 0.0235. The monoisotopic (exact) mass is 216 g/mol. The SMILES string of the molecule is CC(OCC(=O)OC(C)(C)C)C(C)(C)C. The molecule has 1 atom stereocenters. The van der Waals surface area contributed by atoms with Crippen molar-refractivity contribution in [3.05, 3.63) is 0 Å². The summed E-state index contributed by atoms with van der Waals surface area (Å²) < 4.78 is 10.6. The first-order chi connectivity index (χ1) is 6.52. The molecule has 0 radical (unpaired) electrons. The van der Waals surface area contributed by atoms with Crippen LogP contribution in [-0.2, 0) is 14.3 Å². The quantitative estimate of drug-likeness (QED) is 0.680. The maximum atomic E-state index is 11.3. The standard InChI is InChI=1S/C12H24O3/c1-9(11(2,3)4)14-8-10(13)15-12(5,6)7/h9H,8H2,1-7H3. The van der Waals surface area contributed by atoms with Crippen LogP contribution in [0.15, 0.2) is 0 Å². The van der Waals surface area contributed by atoms with Gasteiger partial charge in [-0.15, -0.1) is 0 Å². The van der Waals surface area contributed by atoms with Crippen LogP contribution in [-0.4, -0.2) is 24.3 Å². The second kappa shape index (κ2) is 4.97. The highest BCUT2D eigenvalue weighted by molar-refractivity contribution is 5.71. The molecule has 0 rings (SSSR count). The van der Waals surface area contributed by atoms with Crippen molar-refractivity contribution in [1.29, 1.82) is 0 Å². The fourth-order valence-corrected chi connectivity index (χ4v) is 0.814. The molecule has 0 aromatic rings. The van der Waals surface area contributed by atoms with Crippen molar-refractivity contribution in [2.45, 2.75) is 60.2 Å². The Balaban J connectivity index is 3.92. The topological polar surface area (TPSA) is 35.5 Å².